The van der Waals surface area contributed by atoms with E-state index in [4.69, 9.17) is 10.7 Å². The molecule has 0 radical (unpaired) electrons. The molecule has 29 heavy (non-hydrogen) atoms. The van der Waals surface area contributed by atoms with Crippen LogP contribution in [-0.4, -0.2) is 5.97 Å². The summed E-state index contributed by atoms with van der Waals surface area (Å²) in [5.41, 5.74) is -0.349. The lowest BCUT2D eigenvalue weighted by molar-refractivity contribution is -0.158. The van der Waals surface area contributed by atoms with Crippen molar-refractivity contribution < 1.29 is 9.63 Å². The van der Waals surface area contributed by atoms with E-state index in [9.17, 15) is 4.79 Å². The summed E-state index contributed by atoms with van der Waals surface area (Å²) in [6.45, 7) is 6.63. The number of rotatable bonds is 21. The quantitative estimate of drug-likeness (QED) is 0.118. The van der Waals surface area contributed by atoms with E-state index in [0.29, 0.717) is 0 Å². The number of unbranched alkanes of at least 4 members (excludes halogenated alkanes) is 12. The van der Waals surface area contributed by atoms with Crippen molar-refractivity contribution in [2.45, 2.75) is 143 Å². The Bertz CT molecular complexity index is 384. The highest BCUT2D eigenvalue weighted by atomic mass is 16.7. The summed E-state index contributed by atoms with van der Waals surface area (Å²) in [6, 6.07) is 0. The molecule has 0 unspecified atom stereocenters. The number of hydrogen-bond acceptors (Lipinski definition) is 3. The topological polar surface area (TPSA) is 52.3 Å². The summed E-state index contributed by atoms with van der Waals surface area (Å²) in [5.74, 6) is 5.11. The number of hydrogen-bond donors (Lipinski definition) is 1. The zero-order valence-electron chi connectivity index (χ0n) is 20.0. The summed E-state index contributed by atoms with van der Waals surface area (Å²) >= 11 is 0. The Labute approximate surface area is 182 Å². The van der Waals surface area contributed by atoms with Crippen LogP contribution in [0.25, 0.3) is 0 Å². The average molecular weight is 410 g/mol. The molecule has 0 aromatic heterocycles. The standard InChI is InChI=1S/C26H51NO2/c1-4-7-10-11-12-13-14-15-16-17-18-19-20-21-24-26(22-8-5-2,23-9-6-3)25(28)29-27/h15-16H,4-14,17-24,27H2,1-3H3/b16-15-. The molecule has 0 aliphatic heterocycles. The van der Waals surface area contributed by atoms with E-state index in [-0.39, 0.29) is 11.4 Å². The normalized spacial score (nSPS) is 12.0. The van der Waals surface area contributed by atoms with Gasteiger partial charge in [-0.1, -0.05) is 110 Å². The van der Waals surface area contributed by atoms with E-state index >= 15 is 0 Å². The molecule has 2 N–H and O–H groups in total. The van der Waals surface area contributed by atoms with Gasteiger partial charge in [-0.25, -0.2) is 4.79 Å². The van der Waals surface area contributed by atoms with Crippen molar-refractivity contribution in [1.29, 1.82) is 0 Å². The van der Waals surface area contributed by atoms with Crippen molar-refractivity contribution in [3.8, 4) is 0 Å². The summed E-state index contributed by atoms with van der Waals surface area (Å²) in [6.07, 6.45) is 27.3. The summed E-state index contributed by atoms with van der Waals surface area (Å²) < 4.78 is 0. The van der Waals surface area contributed by atoms with Crippen molar-refractivity contribution in [2.24, 2.45) is 11.3 Å². The lowest BCUT2D eigenvalue weighted by Gasteiger charge is -2.30. The molecule has 3 heteroatoms. The van der Waals surface area contributed by atoms with Gasteiger partial charge in [-0.05, 0) is 44.9 Å². The predicted octanol–water partition coefficient (Wildman–Crippen LogP) is 8.42. The second kappa shape index (κ2) is 20.4. The highest BCUT2D eigenvalue weighted by Crippen LogP contribution is 2.38. The molecule has 0 bridgehead atoms. The van der Waals surface area contributed by atoms with Crippen LogP contribution in [0.2, 0.25) is 0 Å². The fraction of sp³-hybridized carbons (Fsp3) is 0.885. The maximum Gasteiger partial charge on any atom is 0.330 e. The van der Waals surface area contributed by atoms with Gasteiger partial charge < -0.3 is 4.84 Å². The van der Waals surface area contributed by atoms with Crippen LogP contribution in [0.3, 0.4) is 0 Å². The van der Waals surface area contributed by atoms with E-state index < -0.39 is 0 Å². The van der Waals surface area contributed by atoms with Crippen molar-refractivity contribution >= 4 is 5.97 Å². The Kier molecular flexibility index (Phi) is 19.9. The molecular formula is C26H51NO2. The van der Waals surface area contributed by atoms with E-state index in [1.807, 2.05) is 0 Å². The van der Waals surface area contributed by atoms with Gasteiger partial charge in [0.2, 0.25) is 0 Å². The number of allylic oxidation sites excluding steroid dienone is 2. The Morgan fingerprint density at radius 1 is 0.655 bits per heavy atom. The highest BCUT2D eigenvalue weighted by molar-refractivity contribution is 5.76. The summed E-state index contributed by atoms with van der Waals surface area (Å²) in [5, 5.41) is 0. The largest absolute Gasteiger partial charge is 0.373 e. The first-order valence-electron chi connectivity index (χ1n) is 12.7. The van der Waals surface area contributed by atoms with Crippen LogP contribution in [0, 0.1) is 5.41 Å². The molecule has 0 spiro atoms. The van der Waals surface area contributed by atoms with Crippen molar-refractivity contribution in [3.05, 3.63) is 12.2 Å². The minimum atomic E-state index is -0.349. The molecule has 172 valence electrons. The number of carbonyl (C=O) groups is 1. The van der Waals surface area contributed by atoms with Gasteiger partial charge in [0.15, 0.2) is 0 Å². The molecule has 0 aromatic carbocycles. The summed E-state index contributed by atoms with van der Waals surface area (Å²) in [7, 11) is 0. The molecule has 3 nitrogen and oxygen atoms in total. The van der Waals surface area contributed by atoms with Crippen LogP contribution in [-0.2, 0) is 9.63 Å². The smallest absolute Gasteiger partial charge is 0.330 e. The van der Waals surface area contributed by atoms with Gasteiger partial charge in [-0.2, -0.15) is 5.90 Å². The Morgan fingerprint density at radius 3 is 1.55 bits per heavy atom. The third-order valence-corrected chi connectivity index (χ3v) is 6.22. The Morgan fingerprint density at radius 2 is 1.07 bits per heavy atom. The molecule has 0 fully saturated rings. The minimum Gasteiger partial charge on any atom is -0.373 e. The van der Waals surface area contributed by atoms with Gasteiger partial charge in [0.05, 0.1) is 5.41 Å². The predicted molar refractivity (Wildman–Crippen MR) is 127 cm³/mol. The van der Waals surface area contributed by atoms with Crippen LogP contribution >= 0.6 is 0 Å². The van der Waals surface area contributed by atoms with Crippen LogP contribution in [0.5, 0.6) is 0 Å². The Hall–Kier alpha value is -0.830. The van der Waals surface area contributed by atoms with E-state index in [1.165, 1.54) is 70.6 Å². The first-order chi connectivity index (χ1) is 14.2. The van der Waals surface area contributed by atoms with Gasteiger partial charge in [0.1, 0.15) is 0 Å². The van der Waals surface area contributed by atoms with E-state index in [1.54, 1.807) is 0 Å². The minimum absolute atomic E-state index is 0.183. The molecule has 0 saturated heterocycles. The van der Waals surface area contributed by atoms with Crippen molar-refractivity contribution in [1.82, 2.24) is 0 Å². The van der Waals surface area contributed by atoms with E-state index in [2.05, 4.69) is 32.9 Å². The molecule has 0 atom stereocenters. The van der Waals surface area contributed by atoms with Crippen LogP contribution in [0.1, 0.15) is 143 Å². The highest BCUT2D eigenvalue weighted by Gasteiger charge is 2.38. The maximum absolute atomic E-state index is 12.5. The fourth-order valence-corrected chi connectivity index (χ4v) is 4.19. The van der Waals surface area contributed by atoms with Crippen LogP contribution < -0.4 is 5.90 Å². The van der Waals surface area contributed by atoms with Crippen molar-refractivity contribution in [3.63, 3.8) is 0 Å². The summed E-state index contributed by atoms with van der Waals surface area (Å²) in [4.78, 5) is 17.2. The number of carbonyl (C=O) groups excluding carboxylic acids is 1. The van der Waals surface area contributed by atoms with E-state index in [0.717, 1.165) is 51.4 Å². The molecule has 0 aliphatic carbocycles. The lowest BCUT2D eigenvalue weighted by Crippen LogP contribution is -2.35. The first-order valence-corrected chi connectivity index (χ1v) is 12.7. The molecule has 0 rings (SSSR count). The molecule has 0 saturated carbocycles. The fourth-order valence-electron chi connectivity index (χ4n) is 4.19. The van der Waals surface area contributed by atoms with Crippen LogP contribution in [0.4, 0.5) is 0 Å². The zero-order chi connectivity index (χ0) is 21.6. The van der Waals surface area contributed by atoms with Gasteiger partial charge in [-0.15, -0.1) is 0 Å². The zero-order valence-corrected chi connectivity index (χ0v) is 20.0. The monoisotopic (exact) mass is 409 g/mol. The first kappa shape index (κ1) is 28.2. The third kappa shape index (κ3) is 14.7. The molecule has 0 heterocycles. The molecule has 0 amide bonds. The van der Waals surface area contributed by atoms with Crippen molar-refractivity contribution in [2.75, 3.05) is 0 Å². The van der Waals surface area contributed by atoms with Gasteiger partial charge >= 0.3 is 5.97 Å². The molecule has 0 aliphatic rings. The Balaban J connectivity index is 3.98. The van der Waals surface area contributed by atoms with Gasteiger partial charge in [0, 0.05) is 0 Å². The van der Waals surface area contributed by atoms with Gasteiger partial charge in [-0.3, -0.25) is 0 Å². The second-order valence-corrected chi connectivity index (χ2v) is 8.87. The third-order valence-electron chi connectivity index (χ3n) is 6.22. The lowest BCUT2D eigenvalue weighted by atomic mass is 9.74. The molecular weight excluding hydrogens is 358 g/mol. The van der Waals surface area contributed by atoms with Gasteiger partial charge in [0.25, 0.3) is 0 Å². The number of nitrogens with two attached hydrogens (primary N) is 1. The average Bonchev–Trinajstić information content (AvgIpc) is 2.74. The molecule has 0 aromatic rings. The second-order valence-electron chi connectivity index (χ2n) is 8.87. The van der Waals surface area contributed by atoms with Crippen LogP contribution in [0.15, 0.2) is 12.2 Å². The maximum atomic E-state index is 12.5. The SMILES string of the molecule is CCCCCCCC/C=C\CCCCCCC(CCCC)(CCCC)C(=O)ON.